The summed E-state index contributed by atoms with van der Waals surface area (Å²) in [6.07, 6.45) is 2.28. The largest absolute Gasteiger partial charge is 0.497 e. The lowest BCUT2D eigenvalue weighted by atomic mass is 9.87. The van der Waals surface area contributed by atoms with Gasteiger partial charge in [-0.05, 0) is 100 Å². The van der Waals surface area contributed by atoms with Crippen LogP contribution >= 0.6 is 7.92 Å². The fourth-order valence-corrected chi connectivity index (χ4v) is 8.12. The first-order chi connectivity index (χ1) is 21.7. The Hall–Kier alpha value is -4.91. The van der Waals surface area contributed by atoms with Crippen LogP contribution in [0.2, 0.25) is 0 Å². The van der Waals surface area contributed by atoms with Gasteiger partial charge in [0.25, 0.3) is 0 Å². The number of ether oxygens (including phenoxy) is 2. The second-order valence-electron chi connectivity index (χ2n) is 10.6. The van der Waals surface area contributed by atoms with Gasteiger partial charge >= 0.3 is 0 Å². The summed E-state index contributed by atoms with van der Waals surface area (Å²) in [7, 11) is 2.60. The van der Waals surface area contributed by atoms with Crippen LogP contribution in [-0.2, 0) is 0 Å². The molecule has 0 bridgehead atoms. The predicted molar refractivity (Wildman–Crippen MR) is 188 cm³/mol. The minimum absolute atomic E-state index is 0.799. The average molecular weight is 591 g/mol. The molecule has 0 saturated heterocycles. The molecule has 44 heavy (non-hydrogen) atoms. The highest BCUT2D eigenvalue weighted by molar-refractivity contribution is 7.80. The molecule has 0 N–H and O–H groups in total. The van der Waals surface area contributed by atoms with E-state index in [2.05, 4.69) is 140 Å². The van der Waals surface area contributed by atoms with E-state index >= 15 is 0 Å². The van der Waals surface area contributed by atoms with Gasteiger partial charge in [-0.25, -0.2) is 0 Å². The highest BCUT2D eigenvalue weighted by Crippen LogP contribution is 2.41. The number of aryl methyl sites for hydroxylation is 1. The molecule has 216 valence electrons. The third-order valence-corrected chi connectivity index (χ3v) is 10.3. The third kappa shape index (κ3) is 6.23. The molecule has 6 aromatic rings. The van der Waals surface area contributed by atoms with Gasteiger partial charge < -0.3 is 9.47 Å². The zero-order valence-electron chi connectivity index (χ0n) is 25.3. The van der Waals surface area contributed by atoms with E-state index in [0.717, 1.165) is 28.2 Å². The Kier molecular flexibility index (Phi) is 9.01. The molecule has 6 rings (SSSR count). The molecule has 0 aliphatic carbocycles. The van der Waals surface area contributed by atoms with Crippen molar-refractivity contribution in [3.05, 3.63) is 174 Å². The standard InChI is InChI=1S/C41H35O2P/c1-30-13-12-19-37(39(32-23-27-34(43-3)28-24-32)29-31-21-25-33(42-2)26-22-31)41(30)38-18-10-11-20-40(38)44(35-14-6-4-7-15-35)36-16-8-5-9-17-36/h4-29H,1-3H3/b39-29+. The van der Waals surface area contributed by atoms with Crippen LogP contribution in [0.15, 0.2) is 152 Å². The summed E-state index contributed by atoms with van der Waals surface area (Å²) in [6, 6.07) is 54.0. The maximum atomic E-state index is 5.51. The van der Waals surface area contributed by atoms with Crippen LogP contribution in [0.1, 0.15) is 22.3 Å². The number of rotatable bonds is 9. The molecule has 6 aromatic carbocycles. The van der Waals surface area contributed by atoms with Gasteiger partial charge in [0.05, 0.1) is 14.2 Å². The molecule has 0 aliphatic heterocycles. The Morgan fingerprint density at radius 2 is 1.09 bits per heavy atom. The number of benzene rings is 6. The molecular formula is C41H35O2P. The quantitative estimate of drug-likeness (QED) is 0.124. The molecule has 2 nitrogen and oxygen atoms in total. The Morgan fingerprint density at radius 3 is 1.68 bits per heavy atom. The lowest BCUT2D eigenvalue weighted by Crippen LogP contribution is -2.22. The van der Waals surface area contributed by atoms with Gasteiger partial charge in [0.15, 0.2) is 0 Å². The van der Waals surface area contributed by atoms with E-state index in [9.17, 15) is 0 Å². The zero-order valence-corrected chi connectivity index (χ0v) is 26.2. The topological polar surface area (TPSA) is 18.5 Å². The summed E-state index contributed by atoms with van der Waals surface area (Å²) in [6.45, 7) is 2.22. The molecule has 0 atom stereocenters. The monoisotopic (exact) mass is 590 g/mol. The minimum atomic E-state index is -0.799. The Balaban J connectivity index is 1.59. The lowest BCUT2D eigenvalue weighted by Gasteiger charge is -2.25. The highest BCUT2D eigenvalue weighted by Gasteiger charge is 2.23. The van der Waals surface area contributed by atoms with Crippen LogP contribution in [0, 0.1) is 6.92 Å². The fourth-order valence-electron chi connectivity index (χ4n) is 5.67. The van der Waals surface area contributed by atoms with Crippen molar-refractivity contribution in [2.24, 2.45) is 0 Å². The van der Waals surface area contributed by atoms with E-state index < -0.39 is 7.92 Å². The Morgan fingerprint density at radius 1 is 0.545 bits per heavy atom. The second kappa shape index (κ2) is 13.6. The van der Waals surface area contributed by atoms with Crippen LogP contribution in [0.5, 0.6) is 11.5 Å². The van der Waals surface area contributed by atoms with Crippen molar-refractivity contribution < 1.29 is 9.47 Å². The summed E-state index contributed by atoms with van der Waals surface area (Å²) < 4.78 is 10.9. The van der Waals surface area contributed by atoms with Gasteiger partial charge in [-0.3, -0.25) is 0 Å². The van der Waals surface area contributed by atoms with Gasteiger partial charge in [-0.2, -0.15) is 0 Å². The maximum Gasteiger partial charge on any atom is 0.118 e. The van der Waals surface area contributed by atoms with E-state index in [-0.39, 0.29) is 0 Å². The van der Waals surface area contributed by atoms with Crippen molar-refractivity contribution in [2.75, 3.05) is 14.2 Å². The van der Waals surface area contributed by atoms with E-state index in [1.54, 1.807) is 14.2 Å². The Bertz CT molecular complexity index is 1820. The van der Waals surface area contributed by atoms with Crippen molar-refractivity contribution in [3.63, 3.8) is 0 Å². The van der Waals surface area contributed by atoms with E-state index in [1.807, 2.05) is 24.3 Å². The van der Waals surface area contributed by atoms with Gasteiger partial charge in [-0.1, -0.05) is 127 Å². The predicted octanol–water partition coefficient (Wildman–Crippen LogP) is 9.03. The SMILES string of the molecule is COc1ccc(/C=C(\c2ccc(OC)cc2)c2cccc(C)c2-c2ccccc2P(c2ccccc2)c2ccccc2)cc1. The minimum Gasteiger partial charge on any atom is -0.497 e. The summed E-state index contributed by atoms with van der Waals surface area (Å²) in [5.74, 6) is 1.68. The highest BCUT2D eigenvalue weighted by atomic mass is 31.1. The molecule has 0 unspecified atom stereocenters. The molecule has 0 saturated carbocycles. The Labute approximate surface area is 262 Å². The van der Waals surface area contributed by atoms with Crippen molar-refractivity contribution in [1.82, 2.24) is 0 Å². The lowest BCUT2D eigenvalue weighted by molar-refractivity contribution is 0.414. The van der Waals surface area contributed by atoms with E-state index in [1.165, 1.54) is 38.2 Å². The number of methoxy groups -OCH3 is 2. The molecule has 0 heterocycles. The van der Waals surface area contributed by atoms with Crippen molar-refractivity contribution >= 4 is 35.5 Å². The summed E-state index contributed by atoms with van der Waals surface area (Å²) >= 11 is 0. The first-order valence-corrected chi connectivity index (χ1v) is 16.1. The summed E-state index contributed by atoms with van der Waals surface area (Å²) in [5, 5.41) is 4.01. The van der Waals surface area contributed by atoms with Crippen molar-refractivity contribution in [2.45, 2.75) is 6.92 Å². The van der Waals surface area contributed by atoms with Crippen LogP contribution in [0.4, 0.5) is 0 Å². The molecule has 0 radical (unpaired) electrons. The van der Waals surface area contributed by atoms with Crippen LogP contribution in [0.25, 0.3) is 22.8 Å². The molecule has 0 fully saturated rings. The van der Waals surface area contributed by atoms with Crippen molar-refractivity contribution in [1.29, 1.82) is 0 Å². The van der Waals surface area contributed by atoms with E-state index in [0.29, 0.717) is 0 Å². The molecule has 0 aliphatic rings. The van der Waals surface area contributed by atoms with Gasteiger partial charge in [0.1, 0.15) is 11.5 Å². The smallest absolute Gasteiger partial charge is 0.118 e. The summed E-state index contributed by atoms with van der Waals surface area (Å²) in [4.78, 5) is 0. The number of hydrogen-bond acceptors (Lipinski definition) is 2. The number of hydrogen-bond donors (Lipinski definition) is 0. The van der Waals surface area contributed by atoms with Gasteiger partial charge in [0, 0.05) is 0 Å². The molecular weight excluding hydrogens is 555 g/mol. The molecule has 0 amide bonds. The normalized spacial score (nSPS) is 11.4. The molecule has 0 spiro atoms. The first kappa shape index (κ1) is 29.2. The van der Waals surface area contributed by atoms with Crippen molar-refractivity contribution in [3.8, 4) is 22.6 Å². The average Bonchev–Trinajstić information content (AvgIpc) is 3.09. The van der Waals surface area contributed by atoms with Gasteiger partial charge in [0.2, 0.25) is 0 Å². The second-order valence-corrected chi connectivity index (χ2v) is 12.8. The maximum absolute atomic E-state index is 5.51. The molecule has 3 heteroatoms. The molecule has 0 aromatic heterocycles. The fraction of sp³-hybridized carbons (Fsp3) is 0.0732. The first-order valence-electron chi connectivity index (χ1n) is 14.8. The van der Waals surface area contributed by atoms with Crippen LogP contribution in [-0.4, -0.2) is 14.2 Å². The summed E-state index contributed by atoms with van der Waals surface area (Å²) in [5.41, 5.74) is 8.31. The third-order valence-electron chi connectivity index (χ3n) is 7.83. The zero-order chi connectivity index (χ0) is 30.3. The van der Waals surface area contributed by atoms with Gasteiger partial charge in [-0.15, -0.1) is 0 Å². The van der Waals surface area contributed by atoms with Crippen LogP contribution < -0.4 is 25.4 Å². The van der Waals surface area contributed by atoms with E-state index in [4.69, 9.17) is 9.47 Å². The van der Waals surface area contributed by atoms with Crippen LogP contribution in [0.3, 0.4) is 0 Å².